The number of nitrogens with one attached hydrogen (secondary N) is 1. The number of aromatic nitrogens is 1. The van der Waals surface area contributed by atoms with Crippen molar-refractivity contribution >= 4 is 11.8 Å². The van der Waals surface area contributed by atoms with Crippen LogP contribution in [0.25, 0.3) is 0 Å². The number of oxazole rings is 1. The zero-order valence-electron chi connectivity index (χ0n) is 21.5. The first-order valence-corrected chi connectivity index (χ1v) is 12.6. The Hall–Kier alpha value is -3.61. The number of carbonyl (C=O) groups is 2. The van der Waals surface area contributed by atoms with Crippen LogP contribution in [0.5, 0.6) is 5.75 Å². The van der Waals surface area contributed by atoms with E-state index in [9.17, 15) is 9.59 Å². The highest BCUT2D eigenvalue weighted by molar-refractivity contribution is 5.91. The maximum Gasteiger partial charge on any atom is 0.273 e. The summed E-state index contributed by atoms with van der Waals surface area (Å²) in [6.07, 6.45) is 2.67. The van der Waals surface area contributed by atoms with Crippen LogP contribution in [-0.4, -0.2) is 34.8 Å². The van der Waals surface area contributed by atoms with E-state index in [4.69, 9.17) is 9.15 Å². The van der Waals surface area contributed by atoms with Gasteiger partial charge in [-0.15, -0.1) is 0 Å². The first-order chi connectivity index (χ1) is 17.3. The molecule has 7 heteroatoms. The standard InChI is InChI=1S/C29H35N3O4/c1-19(2)14-27(33)32-13-12-21-10-11-23(15-24(21)28(32)22-8-6-5-7-9-22)35-18-26-31-25(17-36-26)29(34)30-16-20(3)4/h5-11,15,17,19-20,28H,12-14,16,18H2,1-4H3,(H,30,34). The number of nitrogens with zero attached hydrogens (tertiary/aromatic N) is 2. The molecular formula is C29H35N3O4. The van der Waals surface area contributed by atoms with Gasteiger partial charge in [-0.3, -0.25) is 9.59 Å². The Kier molecular flexibility index (Phi) is 8.08. The molecule has 3 aromatic rings. The molecule has 4 rings (SSSR count). The maximum atomic E-state index is 13.2. The van der Waals surface area contributed by atoms with E-state index in [0.717, 1.165) is 17.5 Å². The molecule has 1 atom stereocenters. The largest absolute Gasteiger partial charge is 0.484 e. The lowest BCUT2D eigenvalue weighted by atomic mass is 9.87. The lowest BCUT2D eigenvalue weighted by Crippen LogP contribution is -2.41. The maximum absolute atomic E-state index is 13.2. The van der Waals surface area contributed by atoms with Crippen LogP contribution in [0.4, 0.5) is 0 Å². The van der Waals surface area contributed by atoms with Crippen LogP contribution in [0.1, 0.15) is 73.2 Å². The minimum Gasteiger partial charge on any atom is -0.484 e. The Labute approximate surface area is 212 Å². The molecule has 2 aromatic carbocycles. The van der Waals surface area contributed by atoms with Gasteiger partial charge in [0.2, 0.25) is 11.8 Å². The molecule has 0 radical (unpaired) electrons. The highest BCUT2D eigenvalue weighted by Crippen LogP contribution is 2.37. The summed E-state index contributed by atoms with van der Waals surface area (Å²) < 4.78 is 11.5. The summed E-state index contributed by atoms with van der Waals surface area (Å²) in [7, 11) is 0. The van der Waals surface area contributed by atoms with E-state index in [-0.39, 0.29) is 30.2 Å². The van der Waals surface area contributed by atoms with Crippen LogP contribution in [0.3, 0.4) is 0 Å². The zero-order valence-corrected chi connectivity index (χ0v) is 21.5. The van der Waals surface area contributed by atoms with Gasteiger partial charge in [-0.1, -0.05) is 64.1 Å². The molecule has 0 saturated heterocycles. The average molecular weight is 490 g/mol. The molecule has 190 valence electrons. The minimum absolute atomic E-state index is 0.0994. The van der Waals surface area contributed by atoms with Gasteiger partial charge in [-0.05, 0) is 47.1 Å². The first-order valence-electron chi connectivity index (χ1n) is 12.6. The monoisotopic (exact) mass is 489 g/mol. The number of hydrogen-bond donors (Lipinski definition) is 1. The third kappa shape index (κ3) is 6.14. The number of fused-ring (bicyclic) bond motifs is 1. The second-order valence-corrected chi connectivity index (χ2v) is 10.1. The summed E-state index contributed by atoms with van der Waals surface area (Å²) in [5.74, 6) is 1.54. The lowest BCUT2D eigenvalue weighted by Gasteiger charge is -2.38. The predicted molar refractivity (Wildman–Crippen MR) is 138 cm³/mol. The summed E-state index contributed by atoms with van der Waals surface area (Å²) in [4.78, 5) is 31.7. The Morgan fingerprint density at radius 2 is 1.89 bits per heavy atom. The predicted octanol–water partition coefficient (Wildman–Crippen LogP) is 5.16. The van der Waals surface area contributed by atoms with E-state index in [1.54, 1.807) is 0 Å². The van der Waals surface area contributed by atoms with Crippen molar-refractivity contribution in [3.8, 4) is 5.75 Å². The molecule has 1 unspecified atom stereocenters. The Bertz CT molecular complexity index is 1190. The minimum atomic E-state index is -0.260. The summed E-state index contributed by atoms with van der Waals surface area (Å²) in [6.45, 7) is 9.57. The Morgan fingerprint density at radius 3 is 2.61 bits per heavy atom. The molecule has 0 spiro atoms. The second-order valence-electron chi connectivity index (χ2n) is 10.1. The highest BCUT2D eigenvalue weighted by Gasteiger charge is 2.32. The van der Waals surface area contributed by atoms with Gasteiger partial charge in [0.05, 0.1) is 6.04 Å². The highest BCUT2D eigenvalue weighted by atomic mass is 16.5. The number of benzene rings is 2. The van der Waals surface area contributed by atoms with Gasteiger partial charge >= 0.3 is 0 Å². The van der Waals surface area contributed by atoms with Crippen LogP contribution in [0, 0.1) is 11.8 Å². The van der Waals surface area contributed by atoms with Crippen LogP contribution >= 0.6 is 0 Å². The quantitative estimate of drug-likeness (QED) is 0.449. The van der Waals surface area contributed by atoms with Gasteiger partial charge in [0.1, 0.15) is 12.0 Å². The van der Waals surface area contributed by atoms with Crippen molar-refractivity contribution in [3.63, 3.8) is 0 Å². The van der Waals surface area contributed by atoms with E-state index in [1.807, 2.05) is 49.1 Å². The summed E-state index contributed by atoms with van der Waals surface area (Å²) >= 11 is 0. The normalized spacial score (nSPS) is 15.2. The zero-order chi connectivity index (χ0) is 25.7. The van der Waals surface area contributed by atoms with Crippen molar-refractivity contribution in [3.05, 3.63) is 83.1 Å². The molecule has 1 N–H and O–H groups in total. The third-order valence-electron chi connectivity index (χ3n) is 6.18. The van der Waals surface area contributed by atoms with Crippen molar-refractivity contribution in [2.45, 2.75) is 53.2 Å². The molecule has 36 heavy (non-hydrogen) atoms. The SMILES string of the molecule is CC(C)CNC(=O)c1coc(COc2ccc3c(c2)C(c2ccccc2)N(C(=O)CC(C)C)CC3)n1. The fourth-order valence-corrected chi connectivity index (χ4v) is 4.43. The van der Waals surface area contributed by atoms with Gasteiger partial charge in [-0.2, -0.15) is 0 Å². The topological polar surface area (TPSA) is 84.7 Å². The van der Waals surface area contributed by atoms with Gasteiger partial charge in [0.15, 0.2) is 12.3 Å². The van der Waals surface area contributed by atoms with Crippen LogP contribution < -0.4 is 10.1 Å². The van der Waals surface area contributed by atoms with Crippen LogP contribution in [-0.2, 0) is 17.8 Å². The molecule has 7 nitrogen and oxygen atoms in total. The molecule has 1 aliphatic rings. The van der Waals surface area contributed by atoms with E-state index in [0.29, 0.717) is 43.0 Å². The van der Waals surface area contributed by atoms with Gasteiger partial charge in [-0.25, -0.2) is 4.98 Å². The first kappa shape index (κ1) is 25.5. The number of amides is 2. The smallest absolute Gasteiger partial charge is 0.273 e. The van der Waals surface area contributed by atoms with E-state index < -0.39 is 0 Å². The Morgan fingerprint density at radius 1 is 1.11 bits per heavy atom. The van der Waals surface area contributed by atoms with E-state index in [2.05, 4.69) is 42.3 Å². The third-order valence-corrected chi connectivity index (χ3v) is 6.18. The van der Waals surface area contributed by atoms with Gasteiger partial charge < -0.3 is 19.4 Å². The Balaban J connectivity index is 1.53. The van der Waals surface area contributed by atoms with Gasteiger partial charge in [0.25, 0.3) is 5.91 Å². The van der Waals surface area contributed by atoms with Crippen LogP contribution in [0.2, 0.25) is 0 Å². The van der Waals surface area contributed by atoms with Crippen molar-refractivity contribution in [1.29, 1.82) is 0 Å². The molecule has 0 aliphatic carbocycles. The summed E-state index contributed by atoms with van der Waals surface area (Å²) in [6, 6.07) is 16.0. The van der Waals surface area contributed by atoms with Crippen molar-refractivity contribution in [2.75, 3.05) is 13.1 Å². The fraction of sp³-hybridized carbons (Fsp3) is 0.414. The number of carbonyl (C=O) groups excluding carboxylic acids is 2. The lowest BCUT2D eigenvalue weighted by molar-refractivity contribution is -0.134. The average Bonchev–Trinajstić information content (AvgIpc) is 3.34. The van der Waals surface area contributed by atoms with Crippen molar-refractivity contribution < 1.29 is 18.7 Å². The molecular weight excluding hydrogens is 454 g/mol. The summed E-state index contributed by atoms with van der Waals surface area (Å²) in [5, 5.41) is 2.83. The summed E-state index contributed by atoms with van der Waals surface area (Å²) in [5.41, 5.74) is 3.61. The van der Waals surface area contributed by atoms with Gasteiger partial charge in [0, 0.05) is 19.5 Å². The number of ether oxygens (including phenoxy) is 1. The molecule has 0 fully saturated rings. The second kappa shape index (κ2) is 11.4. The molecule has 0 saturated carbocycles. The molecule has 1 aromatic heterocycles. The molecule has 2 amide bonds. The van der Waals surface area contributed by atoms with Crippen LogP contribution in [0.15, 0.2) is 59.2 Å². The molecule has 2 heterocycles. The van der Waals surface area contributed by atoms with Crippen molar-refractivity contribution in [2.24, 2.45) is 11.8 Å². The molecule has 1 aliphatic heterocycles. The molecule has 0 bridgehead atoms. The number of rotatable bonds is 9. The van der Waals surface area contributed by atoms with E-state index in [1.165, 1.54) is 11.8 Å². The van der Waals surface area contributed by atoms with E-state index >= 15 is 0 Å². The fourth-order valence-electron chi connectivity index (χ4n) is 4.43. The number of hydrogen-bond acceptors (Lipinski definition) is 5. The van der Waals surface area contributed by atoms with Crippen molar-refractivity contribution in [1.82, 2.24) is 15.2 Å².